The van der Waals surface area contributed by atoms with Crippen molar-refractivity contribution in [2.24, 2.45) is 11.8 Å². The third kappa shape index (κ3) is 3.72. The number of amides is 2. The smallest absolute Gasteiger partial charge is 0.240 e. The van der Waals surface area contributed by atoms with Crippen LogP contribution in [0.1, 0.15) is 17.7 Å². The lowest BCUT2D eigenvalue weighted by Gasteiger charge is -2.39. The van der Waals surface area contributed by atoms with Gasteiger partial charge in [0.05, 0.1) is 30.5 Å². The van der Waals surface area contributed by atoms with E-state index >= 15 is 0 Å². The second-order valence-corrected chi connectivity index (χ2v) is 8.06. The van der Waals surface area contributed by atoms with Gasteiger partial charge < -0.3 is 10.1 Å². The zero-order valence-corrected chi connectivity index (χ0v) is 14.9. The van der Waals surface area contributed by atoms with Crippen molar-refractivity contribution in [2.45, 2.75) is 31.5 Å². The molecule has 0 aromatic carbocycles. The van der Waals surface area contributed by atoms with E-state index in [2.05, 4.69) is 21.1 Å². The number of nitrogens with one attached hydrogen (secondary N) is 3. The first-order valence-corrected chi connectivity index (χ1v) is 9.78. The van der Waals surface area contributed by atoms with Crippen LogP contribution in [0.3, 0.4) is 0 Å². The predicted molar refractivity (Wildman–Crippen MR) is 93.6 cm³/mol. The standard InChI is InChI=1S/C17H24N4O3S/c22-16(18-7-12-4-2-6-25-12)13-9-21(8-11-3-1-5-24-11)10-14-15(13)19-20-17(14)23/h2,4,6,11,13-15,19H,1,3,5,7-10H2,(H,18,22)(H,20,23). The Morgan fingerprint density at radius 2 is 2.36 bits per heavy atom. The Labute approximate surface area is 151 Å². The number of hydrogen-bond acceptors (Lipinski definition) is 6. The van der Waals surface area contributed by atoms with Gasteiger partial charge >= 0.3 is 0 Å². The third-order valence-corrected chi connectivity index (χ3v) is 6.19. The molecular formula is C17H24N4O3S. The lowest BCUT2D eigenvalue weighted by atomic mass is 9.84. The molecule has 0 bridgehead atoms. The molecule has 0 saturated carbocycles. The van der Waals surface area contributed by atoms with Crippen molar-refractivity contribution >= 4 is 23.2 Å². The van der Waals surface area contributed by atoms with Gasteiger partial charge in [0, 0.05) is 31.1 Å². The number of carbonyl (C=O) groups is 2. The molecule has 8 heteroatoms. The van der Waals surface area contributed by atoms with Crippen LogP contribution in [0, 0.1) is 11.8 Å². The van der Waals surface area contributed by atoms with Gasteiger partial charge in [-0.05, 0) is 24.3 Å². The van der Waals surface area contributed by atoms with Gasteiger partial charge in [-0.15, -0.1) is 11.3 Å². The average molecular weight is 364 g/mol. The van der Waals surface area contributed by atoms with Gasteiger partial charge in [0.2, 0.25) is 11.8 Å². The van der Waals surface area contributed by atoms with Gasteiger partial charge in [0.25, 0.3) is 0 Å². The molecule has 4 rings (SSSR count). The molecule has 3 aliphatic heterocycles. The van der Waals surface area contributed by atoms with Gasteiger partial charge in [0.1, 0.15) is 0 Å². The first-order chi connectivity index (χ1) is 12.2. The van der Waals surface area contributed by atoms with E-state index in [1.807, 2.05) is 17.5 Å². The number of rotatable bonds is 5. The Morgan fingerprint density at radius 3 is 3.12 bits per heavy atom. The lowest BCUT2D eigenvalue weighted by Crippen LogP contribution is -2.57. The molecule has 0 spiro atoms. The number of piperidine rings is 1. The van der Waals surface area contributed by atoms with E-state index in [1.165, 1.54) is 0 Å². The summed E-state index contributed by atoms with van der Waals surface area (Å²) in [5.41, 5.74) is 5.74. The molecule has 3 saturated heterocycles. The second kappa shape index (κ2) is 7.41. The number of fused-ring (bicyclic) bond motifs is 1. The van der Waals surface area contributed by atoms with Crippen molar-refractivity contribution in [3.63, 3.8) is 0 Å². The molecule has 7 nitrogen and oxygen atoms in total. The lowest BCUT2D eigenvalue weighted by molar-refractivity contribution is -0.130. The molecule has 3 N–H and O–H groups in total. The maximum Gasteiger partial charge on any atom is 0.240 e. The Balaban J connectivity index is 1.42. The minimum Gasteiger partial charge on any atom is -0.377 e. The first kappa shape index (κ1) is 17.0. The molecule has 136 valence electrons. The van der Waals surface area contributed by atoms with Crippen molar-refractivity contribution in [2.75, 3.05) is 26.2 Å². The first-order valence-electron chi connectivity index (χ1n) is 8.90. The molecule has 3 fully saturated rings. The summed E-state index contributed by atoms with van der Waals surface area (Å²) in [7, 11) is 0. The fourth-order valence-electron chi connectivity index (χ4n) is 4.02. The zero-order valence-electron chi connectivity index (χ0n) is 14.1. The van der Waals surface area contributed by atoms with E-state index in [1.54, 1.807) is 11.3 Å². The number of thiophene rings is 1. The minimum absolute atomic E-state index is 0.00411. The number of likely N-dealkylation sites (tertiary alicyclic amines) is 1. The van der Waals surface area contributed by atoms with Crippen LogP contribution in [0.15, 0.2) is 17.5 Å². The monoisotopic (exact) mass is 364 g/mol. The quantitative estimate of drug-likeness (QED) is 0.690. The summed E-state index contributed by atoms with van der Waals surface area (Å²) >= 11 is 1.63. The highest BCUT2D eigenvalue weighted by Crippen LogP contribution is 2.27. The minimum atomic E-state index is -0.251. The number of carbonyl (C=O) groups excluding carboxylic acids is 2. The van der Waals surface area contributed by atoms with E-state index in [4.69, 9.17) is 4.74 Å². The summed E-state index contributed by atoms with van der Waals surface area (Å²) in [6.45, 7) is 3.48. The van der Waals surface area contributed by atoms with E-state index in [-0.39, 0.29) is 35.8 Å². The molecule has 4 unspecified atom stereocenters. The van der Waals surface area contributed by atoms with Crippen LogP contribution in [0.2, 0.25) is 0 Å². The highest BCUT2D eigenvalue weighted by molar-refractivity contribution is 7.09. The van der Waals surface area contributed by atoms with Crippen LogP contribution in [-0.2, 0) is 20.9 Å². The van der Waals surface area contributed by atoms with E-state index in [0.717, 1.165) is 30.9 Å². The normalized spacial score (nSPS) is 32.4. The molecule has 1 aromatic rings. The van der Waals surface area contributed by atoms with Crippen molar-refractivity contribution < 1.29 is 14.3 Å². The van der Waals surface area contributed by atoms with Crippen molar-refractivity contribution in [1.29, 1.82) is 0 Å². The van der Waals surface area contributed by atoms with Gasteiger partial charge in [-0.1, -0.05) is 6.07 Å². The Hall–Kier alpha value is -1.48. The van der Waals surface area contributed by atoms with Crippen molar-refractivity contribution in [1.82, 2.24) is 21.1 Å². The Bertz CT molecular complexity index is 617. The molecule has 25 heavy (non-hydrogen) atoms. The number of ether oxygens (including phenoxy) is 1. The summed E-state index contributed by atoms with van der Waals surface area (Å²) in [4.78, 5) is 28.3. The molecular weight excluding hydrogens is 340 g/mol. The maximum atomic E-state index is 12.8. The summed E-state index contributed by atoms with van der Waals surface area (Å²) in [6, 6.07) is 3.85. The number of nitrogens with zero attached hydrogens (tertiary/aromatic N) is 1. The van der Waals surface area contributed by atoms with Gasteiger partial charge in [-0.3, -0.25) is 19.9 Å². The van der Waals surface area contributed by atoms with Gasteiger partial charge in [0.15, 0.2) is 0 Å². The summed E-state index contributed by atoms with van der Waals surface area (Å²) < 4.78 is 5.73. The zero-order chi connectivity index (χ0) is 17.2. The van der Waals surface area contributed by atoms with E-state index in [0.29, 0.717) is 19.6 Å². The SMILES string of the molecule is O=C(NCc1cccs1)C1CN(CC2CCCO2)CC2C(=O)NNC12. The summed E-state index contributed by atoms with van der Waals surface area (Å²) in [5, 5.41) is 5.03. The molecule has 4 heterocycles. The molecule has 0 aliphatic carbocycles. The van der Waals surface area contributed by atoms with Crippen LogP contribution in [0.4, 0.5) is 0 Å². The molecule has 2 amide bonds. The van der Waals surface area contributed by atoms with E-state index in [9.17, 15) is 9.59 Å². The van der Waals surface area contributed by atoms with Crippen molar-refractivity contribution in [3.8, 4) is 0 Å². The summed E-state index contributed by atoms with van der Waals surface area (Å²) in [6.07, 6.45) is 2.38. The van der Waals surface area contributed by atoms with Gasteiger partial charge in [-0.25, -0.2) is 5.43 Å². The van der Waals surface area contributed by atoms with Crippen molar-refractivity contribution in [3.05, 3.63) is 22.4 Å². The number of hydrazine groups is 1. The fourth-order valence-corrected chi connectivity index (χ4v) is 4.67. The molecule has 1 aromatic heterocycles. The summed E-state index contributed by atoms with van der Waals surface area (Å²) in [5.74, 6) is -0.450. The predicted octanol–water partition coefficient (Wildman–Crippen LogP) is 0.0943. The number of hydrogen-bond donors (Lipinski definition) is 3. The molecule has 0 radical (unpaired) electrons. The largest absolute Gasteiger partial charge is 0.377 e. The van der Waals surface area contributed by atoms with Crippen LogP contribution < -0.4 is 16.2 Å². The van der Waals surface area contributed by atoms with Crippen LogP contribution in [-0.4, -0.2) is 55.1 Å². The second-order valence-electron chi connectivity index (χ2n) is 7.02. The topological polar surface area (TPSA) is 82.7 Å². The molecule has 3 aliphatic rings. The molecule has 4 atom stereocenters. The fraction of sp³-hybridized carbons (Fsp3) is 0.647. The van der Waals surface area contributed by atoms with E-state index < -0.39 is 0 Å². The van der Waals surface area contributed by atoms with Gasteiger partial charge in [-0.2, -0.15) is 0 Å². The van der Waals surface area contributed by atoms with Crippen LogP contribution in [0.5, 0.6) is 0 Å². The van der Waals surface area contributed by atoms with Crippen LogP contribution in [0.25, 0.3) is 0 Å². The van der Waals surface area contributed by atoms with Crippen LogP contribution >= 0.6 is 11.3 Å². The average Bonchev–Trinajstić information content (AvgIpc) is 3.36. The third-order valence-electron chi connectivity index (χ3n) is 5.32. The highest BCUT2D eigenvalue weighted by atomic mass is 32.1. The Morgan fingerprint density at radius 1 is 1.44 bits per heavy atom. The Kier molecular flexibility index (Phi) is 5.03. The highest BCUT2D eigenvalue weighted by Gasteiger charge is 2.47. The maximum absolute atomic E-state index is 12.8.